The molecule has 0 atom stereocenters. The second-order valence-electron chi connectivity index (χ2n) is 7.71. The second kappa shape index (κ2) is 9.26. The van der Waals surface area contributed by atoms with E-state index in [-0.39, 0.29) is 11.8 Å². The monoisotopic (exact) mass is 420 g/mol. The predicted octanol–water partition coefficient (Wildman–Crippen LogP) is 4.64. The molecule has 1 saturated heterocycles. The van der Waals surface area contributed by atoms with Gasteiger partial charge < -0.3 is 10.2 Å². The number of halogens is 1. The first-order chi connectivity index (χ1) is 14.6. The Kier molecular flexibility index (Phi) is 6.29. The fourth-order valence-corrected chi connectivity index (χ4v) is 3.97. The summed E-state index contributed by atoms with van der Waals surface area (Å²) < 4.78 is 0. The van der Waals surface area contributed by atoms with Gasteiger partial charge >= 0.3 is 0 Å². The minimum absolute atomic E-state index is 0.00954. The highest BCUT2D eigenvalue weighted by molar-refractivity contribution is 6.31. The predicted molar refractivity (Wildman–Crippen MR) is 120 cm³/mol. The number of hydrogen-bond donors (Lipinski definition) is 1. The minimum Gasteiger partial charge on any atom is -0.352 e. The van der Waals surface area contributed by atoms with Crippen LogP contribution in [0.4, 0.5) is 5.95 Å². The van der Waals surface area contributed by atoms with Crippen molar-refractivity contribution in [1.82, 2.24) is 15.3 Å². The van der Waals surface area contributed by atoms with E-state index in [4.69, 9.17) is 11.6 Å². The Bertz CT molecular complexity index is 1010. The van der Waals surface area contributed by atoms with Crippen LogP contribution in [0.3, 0.4) is 0 Å². The molecule has 2 aromatic carbocycles. The van der Waals surface area contributed by atoms with Crippen LogP contribution in [-0.2, 0) is 11.3 Å². The van der Waals surface area contributed by atoms with Crippen LogP contribution < -0.4 is 10.2 Å². The maximum atomic E-state index is 12.6. The quantitative estimate of drug-likeness (QED) is 0.653. The number of hydrogen-bond acceptors (Lipinski definition) is 4. The largest absolute Gasteiger partial charge is 0.352 e. The van der Waals surface area contributed by atoms with Crippen LogP contribution in [0.15, 0.2) is 60.9 Å². The zero-order valence-corrected chi connectivity index (χ0v) is 17.8. The second-order valence-corrected chi connectivity index (χ2v) is 8.12. The number of anilines is 1. The Labute approximate surface area is 182 Å². The van der Waals surface area contributed by atoms with Crippen molar-refractivity contribution in [3.63, 3.8) is 0 Å². The first-order valence-corrected chi connectivity index (χ1v) is 10.6. The molecule has 0 unspecified atom stereocenters. The number of carbonyl (C=O) groups excluding carboxylic acids is 1. The summed E-state index contributed by atoms with van der Waals surface area (Å²) in [6.07, 6.45) is 5.33. The third kappa shape index (κ3) is 4.79. The Balaban J connectivity index is 1.31. The molecule has 1 aliphatic heterocycles. The molecule has 1 amide bonds. The molecule has 4 rings (SSSR count). The number of nitrogens with zero attached hydrogens (tertiary/aromatic N) is 3. The number of aromatic nitrogens is 2. The van der Waals surface area contributed by atoms with E-state index >= 15 is 0 Å². The molecule has 3 aromatic rings. The molecule has 0 aliphatic carbocycles. The van der Waals surface area contributed by atoms with Crippen LogP contribution in [0.1, 0.15) is 24.0 Å². The minimum atomic E-state index is 0.00954. The third-order valence-electron chi connectivity index (χ3n) is 5.55. The van der Waals surface area contributed by atoms with Gasteiger partial charge in [0, 0.05) is 48.5 Å². The van der Waals surface area contributed by atoms with Gasteiger partial charge in [-0.1, -0.05) is 59.6 Å². The number of benzene rings is 2. The summed E-state index contributed by atoms with van der Waals surface area (Å²) in [7, 11) is 0. The average molecular weight is 421 g/mol. The molecule has 0 bridgehead atoms. The van der Waals surface area contributed by atoms with Crippen molar-refractivity contribution in [2.45, 2.75) is 26.3 Å². The van der Waals surface area contributed by atoms with E-state index in [2.05, 4.69) is 45.3 Å². The molecule has 1 fully saturated rings. The summed E-state index contributed by atoms with van der Waals surface area (Å²) in [5.74, 6) is 0.821. The molecule has 30 heavy (non-hydrogen) atoms. The van der Waals surface area contributed by atoms with Gasteiger partial charge in [0.25, 0.3) is 0 Å². The maximum absolute atomic E-state index is 12.6. The molecule has 1 N–H and O–H groups in total. The normalized spacial score (nSPS) is 14.5. The Morgan fingerprint density at radius 3 is 2.50 bits per heavy atom. The first kappa shape index (κ1) is 20.4. The van der Waals surface area contributed by atoms with Gasteiger partial charge in [-0.15, -0.1) is 0 Å². The number of piperidine rings is 1. The number of aryl methyl sites for hydroxylation is 1. The number of rotatable bonds is 5. The fourth-order valence-electron chi connectivity index (χ4n) is 3.77. The van der Waals surface area contributed by atoms with Crippen molar-refractivity contribution in [2.24, 2.45) is 5.92 Å². The SMILES string of the molecule is Cc1cccc(-c2cnc(N3CCC(C(=O)NCc4ccccc4Cl)CC3)nc2)c1. The highest BCUT2D eigenvalue weighted by atomic mass is 35.5. The van der Waals surface area contributed by atoms with Crippen molar-refractivity contribution < 1.29 is 4.79 Å². The van der Waals surface area contributed by atoms with Crippen molar-refractivity contribution in [3.05, 3.63) is 77.1 Å². The number of amides is 1. The summed E-state index contributed by atoms with van der Waals surface area (Å²) in [4.78, 5) is 23.8. The van der Waals surface area contributed by atoms with Crippen LogP contribution >= 0.6 is 11.6 Å². The van der Waals surface area contributed by atoms with Crippen LogP contribution in [0.25, 0.3) is 11.1 Å². The number of nitrogens with one attached hydrogen (secondary N) is 1. The smallest absolute Gasteiger partial charge is 0.225 e. The lowest BCUT2D eigenvalue weighted by Crippen LogP contribution is -2.41. The Morgan fingerprint density at radius 2 is 1.80 bits per heavy atom. The van der Waals surface area contributed by atoms with E-state index in [1.165, 1.54) is 5.56 Å². The van der Waals surface area contributed by atoms with E-state index in [1.54, 1.807) is 0 Å². The van der Waals surface area contributed by atoms with E-state index in [0.717, 1.165) is 48.6 Å². The summed E-state index contributed by atoms with van der Waals surface area (Å²) in [6, 6.07) is 15.9. The van der Waals surface area contributed by atoms with Gasteiger partial charge in [-0.3, -0.25) is 4.79 Å². The van der Waals surface area contributed by atoms with Gasteiger partial charge in [0.05, 0.1) is 0 Å². The highest BCUT2D eigenvalue weighted by Gasteiger charge is 2.26. The Morgan fingerprint density at radius 1 is 1.07 bits per heavy atom. The summed E-state index contributed by atoms with van der Waals surface area (Å²) in [6.45, 7) is 4.08. The van der Waals surface area contributed by atoms with Crippen LogP contribution in [-0.4, -0.2) is 29.0 Å². The van der Waals surface area contributed by atoms with Crippen molar-refractivity contribution in [2.75, 3.05) is 18.0 Å². The standard InChI is InChI=1S/C24H25ClN4O/c1-17-5-4-7-19(13-17)21-15-27-24(28-16-21)29-11-9-18(10-12-29)23(30)26-14-20-6-2-3-8-22(20)25/h2-8,13,15-16,18H,9-12,14H2,1H3,(H,26,30). The van der Waals surface area contributed by atoms with Gasteiger partial charge in [0.2, 0.25) is 11.9 Å². The van der Waals surface area contributed by atoms with Crippen molar-refractivity contribution in [1.29, 1.82) is 0 Å². The lowest BCUT2D eigenvalue weighted by atomic mass is 9.96. The average Bonchev–Trinajstić information content (AvgIpc) is 2.78. The van der Waals surface area contributed by atoms with E-state index in [9.17, 15) is 4.79 Å². The van der Waals surface area contributed by atoms with E-state index < -0.39 is 0 Å². The molecule has 2 heterocycles. The molecule has 6 heteroatoms. The molecule has 1 aromatic heterocycles. The van der Waals surface area contributed by atoms with E-state index in [0.29, 0.717) is 11.6 Å². The summed E-state index contributed by atoms with van der Waals surface area (Å²) in [5.41, 5.74) is 4.28. The van der Waals surface area contributed by atoms with Crippen LogP contribution in [0.5, 0.6) is 0 Å². The van der Waals surface area contributed by atoms with Crippen LogP contribution in [0, 0.1) is 12.8 Å². The van der Waals surface area contributed by atoms with Gasteiger partial charge in [0.1, 0.15) is 0 Å². The lowest BCUT2D eigenvalue weighted by molar-refractivity contribution is -0.125. The molecule has 5 nitrogen and oxygen atoms in total. The molecule has 0 spiro atoms. The zero-order valence-electron chi connectivity index (χ0n) is 17.0. The molecular weight excluding hydrogens is 396 g/mol. The van der Waals surface area contributed by atoms with Gasteiger partial charge in [-0.25, -0.2) is 9.97 Å². The van der Waals surface area contributed by atoms with Crippen LogP contribution in [0.2, 0.25) is 5.02 Å². The van der Waals surface area contributed by atoms with Crippen molar-refractivity contribution >= 4 is 23.5 Å². The lowest BCUT2D eigenvalue weighted by Gasteiger charge is -2.31. The molecule has 154 valence electrons. The summed E-state index contributed by atoms with van der Waals surface area (Å²) >= 11 is 6.17. The fraction of sp³-hybridized carbons (Fsp3) is 0.292. The van der Waals surface area contributed by atoms with Gasteiger partial charge in [-0.05, 0) is 37.0 Å². The van der Waals surface area contributed by atoms with Gasteiger partial charge in [-0.2, -0.15) is 0 Å². The van der Waals surface area contributed by atoms with Gasteiger partial charge in [0.15, 0.2) is 0 Å². The molecule has 0 saturated carbocycles. The molecule has 1 aliphatic rings. The first-order valence-electron chi connectivity index (χ1n) is 10.3. The summed E-state index contributed by atoms with van der Waals surface area (Å²) in [5, 5.41) is 3.70. The highest BCUT2D eigenvalue weighted by Crippen LogP contribution is 2.24. The third-order valence-corrected chi connectivity index (χ3v) is 5.92. The zero-order chi connectivity index (χ0) is 20.9. The maximum Gasteiger partial charge on any atom is 0.225 e. The Hall–Kier alpha value is -2.92. The van der Waals surface area contributed by atoms with Crippen molar-refractivity contribution in [3.8, 4) is 11.1 Å². The topological polar surface area (TPSA) is 58.1 Å². The van der Waals surface area contributed by atoms with E-state index in [1.807, 2.05) is 42.7 Å². The molecule has 0 radical (unpaired) electrons. The number of carbonyl (C=O) groups is 1. The molecular formula is C24H25ClN4O.